The highest BCUT2D eigenvalue weighted by atomic mass is 16.5. The Morgan fingerprint density at radius 3 is 2.91 bits per heavy atom. The molecule has 5 nitrogen and oxygen atoms in total. The maximum absolute atomic E-state index is 12.1. The summed E-state index contributed by atoms with van der Waals surface area (Å²) in [5, 5.41) is 7.12. The predicted octanol–water partition coefficient (Wildman–Crippen LogP) is 2.67. The van der Waals surface area contributed by atoms with Gasteiger partial charge in [-0.05, 0) is 30.5 Å². The number of hydrogen-bond donors (Lipinski definition) is 1. The number of nitrogens with zero attached hydrogens (tertiary/aromatic N) is 2. The quantitative estimate of drug-likeness (QED) is 0.774. The van der Waals surface area contributed by atoms with Crippen molar-refractivity contribution in [3.8, 4) is 5.75 Å². The number of nitrogens with one attached hydrogen (secondary N) is 1. The smallest absolute Gasteiger partial charge is 0.224 e. The number of benzene rings is 1. The first-order chi connectivity index (χ1) is 11.2. The van der Waals surface area contributed by atoms with E-state index >= 15 is 0 Å². The van der Waals surface area contributed by atoms with Crippen molar-refractivity contribution in [2.24, 2.45) is 5.92 Å². The van der Waals surface area contributed by atoms with E-state index in [1.54, 1.807) is 10.9 Å². The maximum Gasteiger partial charge on any atom is 0.224 e. The van der Waals surface area contributed by atoms with Crippen LogP contribution in [0.2, 0.25) is 0 Å². The molecule has 0 spiro atoms. The van der Waals surface area contributed by atoms with Crippen molar-refractivity contribution >= 4 is 5.91 Å². The molecule has 124 valence electrons. The lowest BCUT2D eigenvalue weighted by Crippen LogP contribution is -2.33. The van der Waals surface area contributed by atoms with Crippen molar-refractivity contribution in [3.63, 3.8) is 0 Å². The number of para-hydroxylation sites is 1. The molecule has 1 aromatic carbocycles. The summed E-state index contributed by atoms with van der Waals surface area (Å²) >= 11 is 0. The molecule has 0 saturated heterocycles. The summed E-state index contributed by atoms with van der Waals surface area (Å²) in [6, 6.07) is 9.85. The summed E-state index contributed by atoms with van der Waals surface area (Å²) in [6.07, 6.45) is 5.33. The van der Waals surface area contributed by atoms with Gasteiger partial charge in [-0.3, -0.25) is 9.48 Å². The van der Waals surface area contributed by atoms with Gasteiger partial charge in [0.1, 0.15) is 5.75 Å². The van der Waals surface area contributed by atoms with Gasteiger partial charge in [-0.25, -0.2) is 0 Å². The first-order valence-corrected chi connectivity index (χ1v) is 8.16. The van der Waals surface area contributed by atoms with Crippen LogP contribution < -0.4 is 10.1 Å². The number of aromatic nitrogens is 2. The van der Waals surface area contributed by atoms with E-state index in [1.807, 2.05) is 43.5 Å². The van der Waals surface area contributed by atoms with E-state index < -0.39 is 0 Å². The molecule has 0 saturated carbocycles. The van der Waals surface area contributed by atoms with E-state index in [0.29, 0.717) is 19.7 Å². The second-order valence-electron chi connectivity index (χ2n) is 5.63. The predicted molar refractivity (Wildman–Crippen MR) is 90.3 cm³/mol. The van der Waals surface area contributed by atoms with E-state index in [0.717, 1.165) is 24.2 Å². The van der Waals surface area contributed by atoms with E-state index in [1.165, 1.54) is 0 Å². The third-order valence-corrected chi connectivity index (χ3v) is 3.60. The summed E-state index contributed by atoms with van der Waals surface area (Å²) in [6.45, 7) is 5.91. The summed E-state index contributed by atoms with van der Waals surface area (Å²) in [4.78, 5) is 12.1. The van der Waals surface area contributed by atoms with Crippen LogP contribution in [0.1, 0.15) is 25.8 Å². The minimum atomic E-state index is -0.110. The fourth-order valence-corrected chi connectivity index (χ4v) is 2.33. The fourth-order valence-electron chi connectivity index (χ4n) is 2.33. The monoisotopic (exact) mass is 315 g/mol. The number of rotatable bonds is 9. The summed E-state index contributed by atoms with van der Waals surface area (Å²) in [5.41, 5.74) is 1.13. The zero-order chi connectivity index (χ0) is 16.5. The van der Waals surface area contributed by atoms with Gasteiger partial charge in [-0.2, -0.15) is 5.10 Å². The zero-order valence-corrected chi connectivity index (χ0v) is 13.9. The minimum Gasteiger partial charge on any atom is -0.493 e. The van der Waals surface area contributed by atoms with Gasteiger partial charge in [0.2, 0.25) is 5.91 Å². The van der Waals surface area contributed by atoms with E-state index in [4.69, 9.17) is 4.74 Å². The third-order valence-electron chi connectivity index (χ3n) is 3.60. The van der Waals surface area contributed by atoms with E-state index in [2.05, 4.69) is 17.3 Å². The van der Waals surface area contributed by atoms with Crippen molar-refractivity contribution in [3.05, 3.63) is 48.3 Å². The molecule has 0 fully saturated rings. The van der Waals surface area contributed by atoms with Gasteiger partial charge >= 0.3 is 0 Å². The lowest BCUT2D eigenvalue weighted by atomic mass is 10.1. The molecule has 1 amide bonds. The largest absolute Gasteiger partial charge is 0.493 e. The number of ether oxygens (including phenoxy) is 1. The third kappa shape index (κ3) is 5.43. The Balaban J connectivity index is 1.79. The number of hydrogen-bond acceptors (Lipinski definition) is 3. The SMILES string of the molecule is CCCOc1ccccc1CCNC(=O)C(C)Cn1cccn1. The molecule has 0 bridgehead atoms. The number of amides is 1. The molecule has 1 aromatic heterocycles. The molecule has 0 aliphatic rings. The van der Waals surface area contributed by atoms with Gasteiger partial charge in [-0.15, -0.1) is 0 Å². The standard InChI is InChI=1S/C18H25N3O2/c1-3-13-23-17-8-5-4-7-16(17)9-11-19-18(22)15(2)14-21-12-6-10-20-21/h4-8,10,12,15H,3,9,11,13-14H2,1-2H3,(H,19,22). The highest BCUT2D eigenvalue weighted by Gasteiger charge is 2.13. The lowest BCUT2D eigenvalue weighted by molar-refractivity contribution is -0.124. The molecule has 0 aliphatic heterocycles. The molecule has 23 heavy (non-hydrogen) atoms. The lowest BCUT2D eigenvalue weighted by Gasteiger charge is -2.14. The van der Waals surface area contributed by atoms with Gasteiger partial charge in [0, 0.05) is 18.9 Å². The molecule has 2 aromatic rings. The second-order valence-corrected chi connectivity index (χ2v) is 5.63. The molecule has 0 radical (unpaired) electrons. The van der Waals surface area contributed by atoms with Crippen LogP contribution in [0.4, 0.5) is 0 Å². The van der Waals surface area contributed by atoms with Crippen LogP contribution in [0.5, 0.6) is 5.75 Å². The second kappa shape index (κ2) is 8.98. The van der Waals surface area contributed by atoms with Crippen LogP contribution in [-0.4, -0.2) is 28.8 Å². The minimum absolute atomic E-state index is 0.0486. The van der Waals surface area contributed by atoms with Gasteiger partial charge in [-0.1, -0.05) is 32.0 Å². The van der Waals surface area contributed by atoms with Crippen LogP contribution >= 0.6 is 0 Å². The Hall–Kier alpha value is -2.30. The van der Waals surface area contributed by atoms with Crippen LogP contribution in [0, 0.1) is 5.92 Å². The van der Waals surface area contributed by atoms with Crippen molar-refractivity contribution in [1.29, 1.82) is 0 Å². The van der Waals surface area contributed by atoms with Gasteiger partial charge in [0.05, 0.1) is 19.1 Å². The fraction of sp³-hybridized carbons (Fsp3) is 0.444. The average molecular weight is 315 g/mol. The van der Waals surface area contributed by atoms with Crippen molar-refractivity contribution in [2.75, 3.05) is 13.2 Å². The van der Waals surface area contributed by atoms with Crippen LogP contribution in [0.25, 0.3) is 0 Å². The van der Waals surface area contributed by atoms with Gasteiger partial charge in [0.15, 0.2) is 0 Å². The summed E-state index contributed by atoms with van der Waals surface area (Å²) in [7, 11) is 0. The van der Waals surface area contributed by atoms with Crippen LogP contribution in [-0.2, 0) is 17.8 Å². The van der Waals surface area contributed by atoms with Crippen molar-refractivity contribution in [2.45, 2.75) is 33.2 Å². The zero-order valence-electron chi connectivity index (χ0n) is 13.9. The highest BCUT2D eigenvalue weighted by molar-refractivity contribution is 5.78. The van der Waals surface area contributed by atoms with Gasteiger partial charge in [0.25, 0.3) is 0 Å². The topological polar surface area (TPSA) is 56.1 Å². The highest BCUT2D eigenvalue weighted by Crippen LogP contribution is 2.18. The maximum atomic E-state index is 12.1. The Morgan fingerprint density at radius 1 is 1.35 bits per heavy atom. The first kappa shape index (κ1) is 17.1. The van der Waals surface area contributed by atoms with Crippen LogP contribution in [0.15, 0.2) is 42.7 Å². The van der Waals surface area contributed by atoms with Gasteiger partial charge < -0.3 is 10.1 Å². The van der Waals surface area contributed by atoms with E-state index in [-0.39, 0.29) is 11.8 Å². The Morgan fingerprint density at radius 2 is 2.17 bits per heavy atom. The van der Waals surface area contributed by atoms with E-state index in [9.17, 15) is 4.79 Å². The normalized spacial score (nSPS) is 11.9. The van der Waals surface area contributed by atoms with Crippen molar-refractivity contribution < 1.29 is 9.53 Å². The molecule has 0 aliphatic carbocycles. The molecule has 5 heteroatoms. The average Bonchev–Trinajstić information content (AvgIpc) is 3.06. The molecular formula is C18H25N3O2. The molecule has 1 unspecified atom stereocenters. The summed E-state index contributed by atoms with van der Waals surface area (Å²) < 4.78 is 7.51. The number of carbonyl (C=O) groups is 1. The molecule has 2 rings (SSSR count). The van der Waals surface area contributed by atoms with Crippen molar-refractivity contribution in [1.82, 2.24) is 15.1 Å². The molecule has 1 heterocycles. The number of carbonyl (C=O) groups excluding carboxylic acids is 1. The summed E-state index contributed by atoms with van der Waals surface area (Å²) in [5.74, 6) is 0.849. The molecule has 1 atom stereocenters. The Kier molecular flexibility index (Phi) is 6.66. The first-order valence-electron chi connectivity index (χ1n) is 8.16. The molecular weight excluding hydrogens is 290 g/mol. The Labute approximate surface area is 137 Å². The molecule has 1 N–H and O–H groups in total. The van der Waals surface area contributed by atoms with Crippen LogP contribution in [0.3, 0.4) is 0 Å². The Bertz CT molecular complexity index is 596.